The van der Waals surface area contributed by atoms with Gasteiger partial charge in [0.2, 0.25) is 15.9 Å². The number of halogens is 3. The lowest BCUT2D eigenvalue weighted by Gasteiger charge is -2.23. The van der Waals surface area contributed by atoms with Gasteiger partial charge in [0, 0.05) is 12.6 Å². The van der Waals surface area contributed by atoms with Crippen LogP contribution in [-0.4, -0.2) is 31.2 Å². The molecule has 5 nitrogen and oxygen atoms in total. The number of nitrogens with one attached hydrogen (secondary N) is 1. The Labute approximate surface area is 148 Å². The molecule has 1 heterocycles. The van der Waals surface area contributed by atoms with Crippen molar-refractivity contribution in [3.8, 4) is 0 Å². The van der Waals surface area contributed by atoms with Crippen molar-refractivity contribution in [2.45, 2.75) is 23.8 Å². The molecule has 0 bridgehead atoms. The van der Waals surface area contributed by atoms with Crippen LogP contribution in [0.25, 0.3) is 0 Å². The van der Waals surface area contributed by atoms with Crippen molar-refractivity contribution >= 4 is 21.6 Å². The van der Waals surface area contributed by atoms with Gasteiger partial charge in [-0.05, 0) is 37.1 Å². The minimum atomic E-state index is -4.23. The van der Waals surface area contributed by atoms with Gasteiger partial charge in [-0.15, -0.1) is 0 Å². The second-order valence-corrected chi connectivity index (χ2v) is 7.68. The number of hydrogen-bond donors (Lipinski definition) is 1. The monoisotopic (exact) mass is 384 g/mol. The molecule has 1 fully saturated rings. The van der Waals surface area contributed by atoms with E-state index in [2.05, 4.69) is 5.32 Å². The zero-order valence-electron chi connectivity index (χ0n) is 13.5. The van der Waals surface area contributed by atoms with Crippen molar-refractivity contribution in [1.29, 1.82) is 0 Å². The first-order valence-electron chi connectivity index (χ1n) is 7.83. The molecule has 1 amide bonds. The lowest BCUT2D eigenvalue weighted by atomic mass is 10.2. The fraction of sp³-hybridized carbons (Fsp3) is 0.235. The second-order valence-electron chi connectivity index (χ2n) is 5.82. The number of carbonyl (C=O) groups is 1. The number of hydrogen-bond acceptors (Lipinski definition) is 3. The van der Waals surface area contributed by atoms with E-state index in [0.29, 0.717) is 12.5 Å². The summed E-state index contributed by atoms with van der Waals surface area (Å²) in [6, 6.07) is 6.41. The van der Waals surface area contributed by atoms with Crippen LogP contribution in [0.2, 0.25) is 0 Å². The van der Waals surface area contributed by atoms with E-state index in [-0.39, 0.29) is 18.7 Å². The van der Waals surface area contributed by atoms with Gasteiger partial charge in [0.05, 0.1) is 5.69 Å². The summed E-state index contributed by atoms with van der Waals surface area (Å²) < 4.78 is 66.9. The third-order valence-corrected chi connectivity index (χ3v) is 6.06. The molecule has 3 rings (SSSR count). The third-order valence-electron chi connectivity index (χ3n) is 4.12. The normalized spacial score (nSPS) is 18.0. The Bertz CT molecular complexity index is 950. The molecule has 0 saturated carbocycles. The predicted octanol–water partition coefficient (Wildman–Crippen LogP) is 2.90. The summed E-state index contributed by atoms with van der Waals surface area (Å²) in [7, 11) is -4.23. The molecule has 138 valence electrons. The zero-order chi connectivity index (χ0) is 18.9. The van der Waals surface area contributed by atoms with Crippen LogP contribution in [0.3, 0.4) is 0 Å². The predicted molar refractivity (Wildman–Crippen MR) is 88.3 cm³/mol. The number of amides is 1. The number of sulfonamides is 1. The topological polar surface area (TPSA) is 66.5 Å². The highest BCUT2D eigenvalue weighted by atomic mass is 32.2. The molecule has 26 heavy (non-hydrogen) atoms. The van der Waals surface area contributed by atoms with Crippen molar-refractivity contribution in [2.24, 2.45) is 0 Å². The molecule has 0 aliphatic carbocycles. The molecule has 0 aromatic heterocycles. The molecule has 1 aliphatic rings. The highest BCUT2D eigenvalue weighted by molar-refractivity contribution is 7.89. The third kappa shape index (κ3) is 3.45. The van der Waals surface area contributed by atoms with Gasteiger partial charge in [-0.2, -0.15) is 4.31 Å². The van der Waals surface area contributed by atoms with Gasteiger partial charge in [0.1, 0.15) is 28.4 Å². The maximum Gasteiger partial charge on any atom is 0.246 e. The summed E-state index contributed by atoms with van der Waals surface area (Å²) in [6.45, 7) is 0.0423. The van der Waals surface area contributed by atoms with Crippen LogP contribution in [0, 0.1) is 17.5 Å². The Hall–Kier alpha value is -2.39. The first-order chi connectivity index (χ1) is 12.3. The van der Waals surface area contributed by atoms with Crippen molar-refractivity contribution in [3.63, 3.8) is 0 Å². The quantitative estimate of drug-likeness (QED) is 0.882. The molecule has 1 atom stereocenters. The van der Waals surface area contributed by atoms with Crippen LogP contribution in [-0.2, 0) is 14.8 Å². The average molecular weight is 384 g/mol. The number of anilines is 1. The van der Waals surface area contributed by atoms with E-state index in [1.807, 2.05) is 0 Å². The van der Waals surface area contributed by atoms with E-state index >= 15 is 0 Å². The van der Waals surface area contributed by atoms with Crippen LogP contribution >= 0.6 is 0 Å². The minimum absolute atomic E-state index is 0.0423. The van der Waals surface area contributed by atoms with E-state index < -0.39 is 44.3 Å². The van der Waals surface area contributed by atoms with E-state index in [1.165, 1.54) is 12.1 Å². The Morgan fingerprint density at radius 2 is 1.81 bits per heavy atom. The maximum atomic E-state index is 13.9. The molecule has 1 aliphatic heterocycles. The van der Waals surface area contributed by atoms with Gasteiger partial charge >= 0.3 is 0 Å². The summed E-state index contributed by atoms with van der Waals surface area (Å²) >= 11 is 0. The first kappa shape index (κ1) is 18.4. The molecule has 1 N–H and O–H groups in total. The summed E-state index contributed by atoms with van der Waals surface area (Å²) in [6.07, 6.45) is 0.611. The summed E-state index contributed by atoms with van der Waals surface area (Å²) in [5.41, 5.74) is -0.258. The Kier molecular flexibility index (Phi) is 5.01. The Morgan fingerprint density at radius 3 is 2.50 bits per heavy atom. The zero-order valence-corrected chi connectivity index (χ0v) is 14.3. The van der Waals surface area contributed by atoms with E-state index in [0.717, 1.165) is 28.6 Å². The average Bonchev–Trinajstić information content (AvgIpc) is 3.08. The molecule has 0 spiro atoms. The number of nitrogens with zero attached hydrogens (tertiary/aromatic N) is 1. The number of carbonyl (C=O) groups excluding carboxylic acids is 1. The number of benzene rings is 2. The Balaban J connectivity index is 1.86. The molecule has 2 aromatic carbocycles. The van der Waals surface area contributed by atoms with Gasteiger partial charge in [0.15, 0.2) is 0 Å². The fourth-order valence-electron chi connectivity index (χ4n) is 2.88. The number of rotatable bonds is 4. The highest BCUT2D eigenvalue weighted by Crippen LogP contribution is 2.28. The lowest BCUT2D eigenvalue weighted by molar-refractivity contribution is -0.119. The summed E-state index contributed by atoms with van der Waals surface area (Å²) in [4.78, 5) is 11.9. The van der Waals surface area contributed by atoms with Gasteiger partial charge in [-0.3, -0.25) is 4.79 Å². The maximum absolute atomic E-state index is 13.9. The van der Waals surface area contributed by atoms with Gasteiger partial charge in [-0.1, -0.05) is 12.1 Å². The largest absolute Gasteiger partial charge is 0.322 e. The van der Waals surface area contributed by atoms with Crippen molar-refractivity contribution in [1.82, 2.24) is 4.31 Å². The van der Waals surface area contributed by atoms with Crippen molar-refractivity contribution in [3.05, 3.63) is 59.9 Å². The molecular weight excluding hydrogens is 369 g/mol. The molecule has 9 heteroatoms. The van der Waals surface area contributed by atoms with Crippen molar-refractivity contribution in [2.75, 3.05) is 11.9 Å². The summed E-state index contributed by atoms with van der Waals surface area (Å²) in [5, 5.41) is 2.27. The smallest absolute Gasteiger partial charge is 0.246 e. The minimum Gasteiger partial charge on any atom is -0.322 e. The first-order valence-corrected chi connectivity index (χ1v) is 9.27. The highest BCUT2D eigenvalue weighted by Gasteiger charge is 2.40. The molecular formula is C17H15F3N2O3S. The molecule has 0 radical (unpaired) electrons. The van der Waals surface area contributed by atoms with Crippen LogP contribution in [0.1, 0.15) is 12.8 Å². The van der Waals surface area contributed by atoms with Crippen LogP contribution in [0.5, 0.6) is 0 Å². The standard InChI is InChI=1S/C17H15F3N2O3S/c18-11-7-8-14(13(20)10-11)21-17(23)15-5-3-9-22(15)26(24,25)16-6-2-1-4-12(16)19/h1-2,4,6-8,10,15H,3,5,9H2,(H,21,23)/t15-/m0/s1. The molecule has 1 saturated heterocycles. The fourth-order valence-corrected chi connectivity index (χ4v) is 4.60. The lowest BCUT2D eigenvalue weighted by Crippen LogP contribution is -2.43. The van der Waals surface area contributed by atoms with E-state index in [9.17, 15) is 26.4 Å². The molecule has 2 aromatic rings. The van der Waals surface area contributed by atoms with Crippen LogP contribution in [0.4, 0.5) is 18.9 Å². The van der Waals surface area contributed by atoms with Gasteiger partial charge < -0.3 is 5.32 Å². The Morgan fingerprint density at radius 1 is 1.08 bits per heavy atom. The second kappa shape index (κ2) is 7.08. The van der Waals surface area contributed by atoms with Crippen LogP contribution < -0.4 is 5.32 Å². The van der Waals surface area contributed by atoms with Crippen molar-refractivity contribution < 1.29 is 26.4 Å². The van der Waals surface area contributed by atoms with E-state index in [1.54, 1.807) is 0 Å². The van der Waals surface area contributed by atoms with E-state index in [4.69, 9.17) is 0 Å². The molecule has 0 unspecified atom stereocenters. The SMILES string of the molecule is O=C(Nc1ccc(F)cc1F)[C@@H]1CCCN1S(=O)(=O)c1ccccc1F. The van der Waals surface area contributed by atoms with Gasteiger partial charge in [-0.25, -0.2) is 21.6 Å². The van der Waals surface area contributed by atoms with Gasteiger partial charge in [0.25, 0.3) is 0 Å². The van der Waals surface area contributed by atoms with Crippen LogP contribution in [0.15, 0.2) is 47.4 Å². The summed E-state index contributed by atoms with van der Waals surface area (Å²) in [5.74, 6) is -3.44.